The first-order chi connectivity index (χ1) is 11.4. The largest absolute Gasteiger partial charge is 0.361 e. The van der Waals surface area contributed by atoms with Crippen molar-refractivity contribution < 1.29 is 33.6 Å². The van der Waals surface area contributed by atoms with E-state index in [0.29, 0.717) is 10.1 Å². The summed E-state index contributed by atoms with van der Waals surface area (Å²) in [6.07, 6.45) is 4.09. The van der Waals surface area contributed by atoms with Gasteiger partial charge < -0.3 is 4.84 Å². The van der Waals surface area contributed by atoms with Gasteiger partial charge in [-0.1, -0.05) is 24.8 Å². The lowest BCUT2D eigenvalue weighted by molar-refractivity contribution is -0.213. The van der Waals surface area contributed by atoms with Gasteiger partial charge in [0, 0.05) is 12.8 Å². The first-order valence-corrected chi connectivity index (χ1v) is 6.98. The quantitative estimate of drug-likeness (QED) is 0.626. The van der Waals surface area contributed by atoms with Crippen LogP contribution >= 0.6 is 0 Å². The van der Waals surface area contributed by atoms with E-state index >= 15 is 0 Å². The fraction of sp³-hybridized carbons (Fsp3) is 0.267. The molecule has 0 bridgehead atoms. The molecule has 0 aliphatic carbocycles. The van der Waals surface area contributed by atoms with Crippen molar-refractivity contribution in [1.29, 1.82) is 0 Å². The predicted octanol–water partition coefficient (Wildman–Crippen LogP) is -0.0473. The lowest BCUT2D eigenvalue weighted by atomic mass is 10.1. The zero-order valence-electron chi connectivity index (χ0n) is 12.8. The highest BCUT2D eigenvalue weighted by Crippen LogP contribution is 2.23. The van der Waals surface area contributed by atoms with E-state index in [9.17, 15) is 24.0 Å². The van der Waals surface area contributed by atoms with E-state index in [1.807, 2.05) is 0 Å². The molecule has 1 saturated heterocycles. The van der Waals surface area contributed by atoms with Crippen molar-refractivity contribution in [3.8, 4) is 0 Å². The summed E-state index contributed by atoms with van der Waals surface area (Å²) in [5.41, 5.74) is 0.118. The molecule has 0 aromatic heterocycles. The lowest BCUT2D eigenvalue weighted by Crippen LogP contribution is -2.37. The van der Waals surface area contributed by atoms with Crippen LogP contribution in [0.15, 0.2) is 36.0 Å². The highest BCUT2D eigenvalue weighted by molar-refractivity contribution is 6.21. The van der Waals surface area contributed by atoms with E-state index in [1.165, 1.54) is 12.2 Å². The van der Waals surface area contributed by atoms with Crippen molar-refractivity contribution in [3.05, 3.63) is 36.0 Å². The Morgan fingerprint density at radius 2 is 1.67 bits per heavy atom. The third-order valence-corrected chi connectivity index (χ3v) is 3.17. The molecule has 2 aliphatic rings. The number of hydrogen-bond donors (Lipinski definition) is 0. The Morgan fingerprint density at radius 1 is 1.08 bits per heavy atom. The topological polar surface area (TPSA) is 110 Å². The molecule has 24 heavy (non-hydrogen) atoms. The van der Waals surface area contributed by atoms with Crippen LogP contribution in [0.2, 0.25) is 0 Å². The summed E-state index contributed by atoms with van der Waals surface area (Å²) in [6, 6.07) is 0. The van der Waals surface area contributed by atoms with Crippen LogP contribution in [-0.4, -0.2) is 46.3 Å². The highest BCUT2D eigenvalue weighted by atomic mass is 16.8. The van der Waals surface area contributed by atoms with Crippen LogP contribution in [0.4, 0.5) is 0 Å². The SMILES string of the molecule is C=CC1=C(/C=C\C)C(=O)N(OCC(=O)ON2C(=O)CCC2=O)C1=O. The number of rotatable bonds is 6. The summed E-state index contributed by atoms with van der Waals surface area (Å²) >= 11 is 0. The minimum Gasteiger partial charge on any atom is -0.328 e. The molecule has 0 aromatic rings. The summed E-state index contributed by atoms with van der Waals surface area (Å²) in [5.74, 6) is -3.92. The van der Waals surface area contributed by atoms with E-state index in [4.69, 9.17) is 4.84 Å². The van der Waals surface area contributed by atoms with Crippen LogP contribution in [0.25, 0.3) is 0 Å². The number of hydrogen-bond acceptors (Lipinski definition) is 7. The second kappa shape index (κ2) is 7.01. The van der Waals surface area contributed by atoms with E-state index in [1.54, 1.807) is 13.0 Å². The third kappa shape index (κ3) is 3.15. The standard InChI is InChI=1S/C15H14N2O7/c1-3-5-10-9(4-2)14(21)17(15(10)22)23-8-13(20)24-16-11(18)6-7-12(16)19/h3-5H,2,6-8H2,1H3/b5-3-. The molecular weight excluding hydrogens is 320 g/mol. The van der Waals surface area contributed by atoms with Crippen molar-refractivity contribution >= 4 is 29.6 Å². The molecule has 1 fully saturated rings. The van der Waals surface area contributed by atoms with Crippen LogP contribution in [0.1, 0.15) is 19.8 Å². The molecule has 2 rings (SSSR count). The maximum atomic E-state index is 12.1. The van der Waals surface area contributed by atoms with Crippen molar-refractivity contribution in [2.24, 2.45) is 0 Å². The molecule has 9 heteroatoms. The van der Waals surface area contributed by atoms with E-state index in [0.717, 1.165) is 0 Å². The molecule has 126 valence electrons. The molecular formula is C15H14N2O7. The molecule has 4 amide bonds. The van der Waals surface area contributed by atoms with E-state index in [-0.39, 0.29) is 24.0 Å². The number of imide groups is 2. The number of carbonyl (C=O) groups is 5. The second-order valence-corrected chi connectivity index (χ2v) is 4.75. The molecule has 2 heterocycles. The van der Waals surface area contributed by atoms with Gasteiger partial charge in [0.05, 0.1) is 11.1 Å². The van der Waals surface area contributed by atoms with Crippen LogP contribution < -0.4 is 0 Å². The van der Waals surface area contributed by atoms with E-state index in [2.05, 4.69) is 11.4 Å². The first-order valence-electron chi connectivity index (χ1n) is 6.98. The zero-order valence-corrected chi connectivity index (χ0v) is 12.8. The van der Waals surface area contributed by atoms with Gasteiger partial charge in [-0.25, -0.2) is 4.79 Å². The molecule has 0 unspecified atom stereocenters. The predicted molar refractivity (Wildman–Crippen MR) is 77.0 cm³/mol. The van der Waals surface area contributed by atoms with Crippen LogP contribution in [0.3, 0.4) is 0 Å². The monoisotopic (exact) mass is 334 g/mol. The molecule has 0 N–H and O–H groups in total. The van der Waals surface area contributed by atoms with Crippen LogP contribution in [0, 0.1) is 0 Å². The molecule has 0 radical (unpaired) electrons. The smallest absolute Gasteiger partial charge is 0.328 e. The van der Waals surface area contributed by atoms with Gasteiger partial charge >= 0.3 is 5.97 Å². The van der Waals surface area contributed by atoms with Crippen LogP contribution in [0.5, 0.6) is 0 Å². The summed E-state index contributed by atoms with van der Waals surface area (Å²) in [7, 11) is 0. The number of allylic oxidation sites excluding steroid dienone is 1. The van der Waals surface area contributed by atoms with Gasteiger partial charge in [-0.2, -0.15) is 0 Å². The summed E-state index contributed by atoms with van der Waals surface area (Å²) in [6.45, 7) is 4.29. The molecule has 0 atom stereocenters. The molecule has 0 saturated carbocycles. The van der Waals surface area contributed by atoms with Gasteiger partial charge in [0.15, 0.2) is 6.61 Å². The summed E-state index contributed by atoms with van der Waals surface area (Å²) in [5, 5.41) is 0.749. The summed E-state index contributed by atoms with van der Waals surface area (Å²) in [4.78, 5) is 67.8. The minimum atomic E-state index is -1.10. The molecule has 0 spiro atoms. The number of nitrogens with zero attached hydrogens (tertiary/aromatic N) is 2. The number of hydroxylamine groups is 4. The second-order valence-electron chi connectivity index (χ2n) is 4.75. The highest BCUT2D eigenvalue weighted by Gasteiger charge is 2.38. The Labute approximate surface area is 136 Å². The zero-order chi connectivity index (χ0) is 17.9. The van der Waals surface area contributed by atoms with Crippen molar-refractivity contribution in [1.82, 2.24) is 10.1 Å². The van der Waals surface area contributed by atoms with Gasteiger partial charge in [-0.3, -0.25) is 24.0 Å². The average molecular weight is 334 g/mol. The van der Waals surface area contributed by atoms with Crippen molar-refractivity contribution in [3.63, 3.8) is 0 Å². The van der Waals surface area contributed by atoms with Gasteiger partial charge in [-0.15, -0.1) is 10.1 Å². The van der Waals surface area contributed by atoms with E-state index < -0.39 is 36.2 Å². The van der Waals surface area contributed by atoms with Gasteiger partial charge in [0.2, 0.25) is 0 Å². The van der Waals surface area contributed by atoms with Gasteiger partial charge in [0.25, 0.3) is 23.6 Å². The Balaban J connectivity index is 1.98. The Kier molecular flexibility index (Phi) is 5.05. The molecule has 2 aliphatic heterocycles. The normalized spacial score (nSPS) is 18.4. The Hall–Kier alpha value is -3.07. The number of carbonyl (C=O) groups excluding carboxylic acids is 5. The fourth-order valence-corrected chi connectivity index (χ4v) is 2.09. The maximum Gasteiger partial charge on any atom is 0.361 e. The average Bonchev–Trinajstić information content (AvgIpc) is 2.97. The Bertz CT molecular complexity index is 689. The van der Waals surface area contributed by atoms with Crippen LogP contribution in [-0.2, 0) is 33.6 Å². The van der Waals surface area contributed by atoms with Gasteiger partial charge in [-0.05, 0) is 6.92 Å². The van der Waals surface area contributed by atoms with Gasteiger partial charge in [0.1, 0.15) is 0 Å². The fourth-order valence-electron chi connectivity index (χ4n) is 2.09. The lowest BCUT2D eigenvalue weighted by Gasteiger charge is -2.15. The molecule has 9 nitrogen and oxygen atoms in total. The first kappa shape index (κ1) is 17.3. The van der Waals surface area contributed by atoms with Crippen molar-refractivity contribution in [2.45, 2.75) is 19.8 Å². The number of amides is 4. The minimum absolute atomic E-state index is 0.0383. The third-order valence-electron chi connectivity index (χ3n) is 3.17. The molecule has 0 aromatic carbocycles. The Morgan fingerprint density at radius 3 is 2.21 bits per heavy atom. The summed E-state index contributed by atoms with van der Waals surface area (Å²) < 4.78 is 0. The maximum absolute atomic E-state index is 12.1. The van der Waals surface area contributed by atoms with Crippen molar-refractivity contribution in [2.75, 3.05) is 6.61 Å².